The number of rotatable bonds is 4. The lowest BCUT2D eigenvalue weighted by Crippen LogP contribution is -2.09. The highest BCUT2D eigenvalue weighted by Crippen LogP contribution is 2.30. The molecule has 0 saturated heterocycles. The summed E-state index contributed by atoms with van der Waals surface area (Å²) in [5.41, 5.74) is 1.01. The molecule has 0 radical (unpaired) electrons. The van der Waals surface area contributed by atoms with Crippen molar-refractivity contribution < 1.29 is 0 Å². The Morgan fingerprint density at radius 2 is 2.24 bits per heavy atom. The molecule has 1 heterocycles. The van der Waals surface area contributed by atoms with Gasteiger partial charge in [-0.05, 0) is 35.1 Å². The van der Waals surface area contributed by atoms with E-state index in [0.29, 0.717) is 5.02 Å². The zero-order valence-corrected chi connectivity index (χ0v) is 12.4. The lowest BCUT2D eigenvalue weighted by Gasteiger charge is -1.98. The van der Waals surface area contributed by atoms with Crippen LogP contribution in [0.4, 0.5) is 0 Å². The minimum Gasteiger partial charge on any atom is -0.319 e. The lowest BCUT2D eigenvalue weighted by atomic mass is 10.2. The average molecular weight is 333 g/mol. The number of nitrogens with one attached hydrogen (secondary N) is 1. The van der Waals surface area contributed by atoms with Gasteiger partial charge in [0.2, 0.25) is 0 Å². The smallest absolute Gasteiger partial charge is 0.147 e. The van der Waals surface area contributed by atoms with Crippen LogP contribution in [0.25, 0.3) is 10.6 Å². The van der Waals surface area contributed by atoms with Crippen LogP contribution in [0.1, 0.15) is 5.01 Å². The third-order valence-corrected chi connectivity index (χ3v) is 4.49. The van der Waals surface area contributed by atoms with Crippen molar-refractivity contribution in [3.8, 4) is 10.6 Å². The van der Waals surface area contributed by atoms with Crippen LogP contribution in [-0.4, -0.2) is 23.8 Å². The molecule has 0 atom stereocenters. The third-order valence-electron chi connectivity index (χ3n) is 2.22. The van der Waals surface area contributed by atoms with Crippen LogP contribution in [0, 0.1) is 0 Å². The fraction of sp³-hybridized carbons (Fsp3) is 0.273. The number of benzene rings is 1. The van der Waals surface area contributed by atoms with Crippen LogP contribution in [0.3, 0.4) is 0 Å². The second-order valence-corrected chi connectivity index (χ2v) is 5.81. The van der Waals surface area contributed by atoms with Crippen LogP contribution in [0.15, 0.2) is 22.7 Å². The molecule has 2 aromatic rings. The van der Waals surface area contributed by atoms with E-state index in [4.69, 9.17) is 11.6 Å². The van der Waals surface area contributed by atoms with Gasteiger partial charge in [-0.3, -0.25) is 0 Å². The number of aromatic nitrogens is 2. The van der Waals surface area contributed by atoms with E-state index < -0.39 is 0 Å². The molecule has 0 aliphatic carbocycles. The third kappa shape index (κ3) is 3.25. The molecule has 0 unspecified atom stereocenters. The summed E-state index contributed by atoms with van der Waals surface area (Å²) < 4.78 is 0.892. The summed E-state index contributed by atoms with van der Waals surface area (Å²) in [4.78, 5) is 0. The summed E-state index contributed by atoms with van der Waals surface area (Å²) in [7, 11) is 1.93. The Bertz CT molecular complexity index is 515. The molecule has 0 amide bonds. The first-order chi connectivity index (χ1) is 8.20. The first-order valence-corrected chi connectivity index (χ1v) is 7.12. The number of nitrogens with zero attached hydrogens (tertiary/aromatic N) is 2. The molecule has 0 aliphatic heterocycles. The molecular weight excluding hydrogens is 322 g/mol. The molecule has 90 valence electrons. The Morgan fingerprint density at radius 3 is 2.94 bits per heavy atom. The van der Waals surface area contributed by atoms with Crippen molar-refractivity contribution >= 4 is 38.9 Å². The van der Waals surface area contributed by atoms with E-state index in [-0.39, 0.29) is 0 Å². The minimum absolute atomic E-state index is 0.689. The minimum atomic E-state index is 0.689. The Hall–Kier alpha value is -0.490. The first kappa shape index (κ1) is 13.0. The zero-order valence-electron chi connectivity index (χ0n) is 9.20. The van der Waals surface area contributed by atoms with E-state index in [9.17, 15) is 0 Å². The number of halogens is 2. The first-order valence-electron chi connectivity index (χ1n) is 5.13. The van der Waals surface area contributed by atoms with E-state index >= 15 is 0 Å². The van der Waals surface area contributed by atoms with Gasteiger partial charge in [-0.1, -0.05) is 29.0 Å². The molecule has 1 aromatic heterocycles. The fourth-order valence-corrected chi connectivity index (χ4v) is 2.59. The lowest BCUT2D eigenvalue weighted by molar-refractivity contribution is 0.779. The van der Waals surface area contributed by atoms with Crippen molar-refractivity contribution in [2.24, 2.45) is 0 Å². The van der Waals surface area contributed by atoms with Crippen molar-refractivity contribution in [1.82, 2.24) is 15.5 Å². The topological polar surface area (TPSA) is 37.8 Å². The van der Waals surface area contributed by atoms with Gasteiger partial charge < -0.3 is 5.32 Å². The maximum Gasteiger partial charge on any atom is 0.147 e. The van der Waals surface area contributed by atoms with Crippen LogP contribution < -0.4 is 5.32 Å². The summed E-state index contributed by atoms with van der Waals surface area (Å²) in [6.07, 6.45) is 0.901. The molecule has 17 heavy (non-hydrogen) atoms. The summed E-state index contributed by atoms with van der Waals surface area (Å²) in [5, 5.41) is 14.1. The Labute approximate surface area is 117 Å². The highest BCUT2D eigenvalue weighted by Gasteiger charge is 2.08. The Morgan fingerprint density at radius 1 is 1.41 bits per heavy atom. The van der Waals surface area contributed by atoms with Gasteiger partial charge in [-0.25, -0.2) is 0 Å². The molecular formula is C11H11BrClN3S. The number of likely N-dealkylation sites (N-methyl/N-ethyl adjacent to an activating group) is 1. The van der Waals surface area contributed by atoms with E-state index in [1.54, 1.807) is 11.3 Å². The molecule has 0 aliphatic rings. The molecule has 0 spiro atoms. The maximum atomic E-state index is 6.05. The van der Waals surface area contributed by atoms with E-state index in [0.717, 1.165) is 33.0 Å². The SMILES string of the molecule is CNCCc1nnc(-c2ccc(Br)c(Cl)c2)s1. The summed E-state index contributed by atoms with van der Waals surface area (Å²) >= 11 is 11.0. The molecule has 2 rings (SSSR count). The van der Waals surface area contributed by atoms with E-state index in [1.165, 1.54) is 0 Å². The Kier molecular flexibility index (Phi) is 4.50. The normalized spacial score (nSPS) is 10.8. The predicted octanol–water partition coefficient (Wildman–Crippen LogP) is 3.38. The molecule has 0 fully saturated rings. The van der Waals surface area contributed by atoms with Crippen molar-refractivity contribution in [3.05, 3.63) is 32.7 Å². The van der Waals surface area contributed by atoms with Gasteiger partial charge in [-0.15, -0.1) is 10.2 Å². The zero-order chi connectivity index (χ0) is 12.3. The van der Waals surface area contributed by atoms with E-state index in [2.05, 4.69) is 31.4 Å². The van der Waals surface area contributed by atoms with Gasteiger partial charge in [0, 0.05) is 23.0 Å². The largest absolute Gasteiger partial charge is 0.319 e. The predicted molar refractivity (Wildman–Crippen MR) is 75.7 cm³/mol. The Balaban J connectivity index is 2.21. The van der Waals surface area contributed by atoms with Crippen molar-refractivity contribution in [3.63, 3.8) is 0 Å². The molecule has 6 heteroatoms. The summed E-state index contributed by atoms with van der Waals surface area (Å²) in [6, 6.07) is 5.80. The van der Waals surface area contributed by atoms with Crippen LogP contribution in [-0.2, 0) is 6.42 Å². The molecule has 3 nitrogen and oxygen atoms in total. The quantitative estimate of drug-likeness (QED) is 0.932. The molecule has 1 N–H and O–H groups in total. The van der Waals surface area contributed by atoms with Crippen molar-refractivity contribution in [1.29, 1.82) is 0 Å². The standard InChI is InChI=1S/C11H11BrClN3S/c1-14-5-4-10-15-16-11(17-10)7-2-3-8(12)9(13)6-7/h2-3,6,14H,4-5H2,1H3. The van der Waals surface area contributed by atoms with Gasteiger partial charge >= 0.3 is 0 Å². The molecule has 1 aromatic carbocycles. The van der Waals surface area contributed by atoms with Crippen molar-refractivity contribution in [2.45, 2.75) is 6.42 Å². The molecule has 0 bridgehead atoms. The maximum absolute atomic E-state index is 6.05. The number of hydrogen-bond donors (Lipinski definition) is 1. The van der Waals surface area contributed by atoms with Crippen molar-refractivity contribution in [2.75, 3.05) is 13.6 Å². The van der Waals surface area contributed by atoms with Gasteiger partial charge in [-0.2, -0.15) is 0 Å². The highest BCUT2D eigenvalue weighted by molar-refractivity contribution is 9.10. The average Bonchev–Trinajstić information content (AvgIpc) is 2.79. The van der Waals surface area contributed by atoms with Gasteiger partial charge in [0.1, 0.15) is 10.0 Å². The van der Waals surface area contributed by atoms with Crippen LogP contribution >= 0.6 is 38.9 Å². The van der Waals surface area contributed by atoms with Gasteiger partial charge in [0.15, 0.2) is 0 Å². The molecule has 0 saturated carbocycles. The van der Waals surface area contributed by atoms with E-state index in [1.807, 2.05) is 25.2 Å². The van der Waals surface area contributed by atoms with Crippen LogP contribution in [0.2, 0.25) is 5.02 Å². The number of hydrogen-bond acceptors (Lipinski definition) is 4. The summed E-state index contributed by atoms with van der Waals surface area (Å²) in [5.74, 6) is 0. The monoisotopic (exact) mass is 331 g/mol. The second kappa shape index (κ2) is 5.91. The highest BCUT2D eigenvalue weighted by atomic mass is 79.9. The van der Waals surface area contributed by atoms with Crippen LogP contribution in [0.5, 0.6) is 0 Å². The fourth-order valence-electron chi connectivity index (χ4n) is 1.33. The second-order valence-electron chi connectivity index (χ2n) is 3.48. The van der Waals surface area contributed by atoms with Gasteiger partial charge in [0.05, 0.1) is 5.02 Å². The summed E-state index contributed by atoms with van der Waals surface area (Å²) in [6.45, 7) is 0.912. The van der Waals surface area contributed by atoms with Gasteiger partial charge in [0.25, 0.3) is 0 Å².